The number of carbonyl (C=O) groups is 1. The van der Waals surface area contributed by atoms with Crippen LogP contribution in [-0.4, -0.2) is 42.9 Å². The zero-order valence-corrected chi connectivity index (χ0v) is 12.5. The number of rotatable bonds is 4. The molecule has 1 aliphatic carbocycles. The van der Waals surface area contributed by atoms with E-state index in [0.717, 1.165) is 32.1 Å². The van der Waals surface area contributed by atoms with E-state index in [-0.39, 0.29) is 11.7 Å². The molecule has 1 heterocycles. The highest BCUT2D eigenvalue weighted by atomic mass is 16.7. The standard InChI is InChI=1S/C15H27NO3/c1-12(2)4-5-14(17)16(3)13-6-8-15(9-7-13)18-10-11-19-15/h12-13H,4-11H2,1-3H3. The Morgan fingerprint density at radius 3 is 2.37 bits per heavy atom. The second kappa shape index (κ2) is 6.23. The molecule has 0 aromatic rings. The lowest BCUT2D eigenvalue weighted by atomic mass is 9.89. The minimum Gasteiger partial charge on any atom is -0.348 e. The highest BCUT2D eigenvalue weighted by Gasteiger charge is 2.41. The van der Waals surface area contributed by atoms with Gasteiger partial charge in [-0.1, -0.05) is 13.8 Å². The van der Waals surface area contributed by atoms with Gasteiger partial charge in [0, 0.05) is 32.4 Å². The van der Waals surface area contributed by atoms with Gasteiger partial charge in [0.1, 0.15) is 0 Å². The van der Waals surface area contributed by atoms with Gasteiger partial charge in [0.25, 0.3) is 0 Å². The molecule has 1 amide bonds. The van der Waals surface area contributed by atoms with Crippen LogP contribution in [0.2, 0.25) is 0 Å². The second-order valence-corrected chi connectivity index (χ2v) is 6.28. The SMILES string of the molecule is CC(C)CCC(=O)N(C)C1CCC2(CC1)OCCO2. The van der Waals surface area contributed by atoms with Gasteiger partial charge in [-0.2, -0.15) is 0 Å². The summed E-state index contributed by atoms with van der Waals surface area (Å²) in [6.45, 7) is 5.75. The van der Waals surface area contributed by atoms with Crippen molar-refractivity contribution in [3.63, 3.8) is 0 Å². The van der Waals surface area contributed by atoms with E-state index in [0.29, 0.717) is 31.6 Å². The number of hydrogen-bond acceptors (Lipinski definition) is 3. The van der Waals surface area contributed by atoms with E-state index < -0.39 is 0 Å². The van der Waals surface area contributed by atoms with Crippen LogP contribution in [0.3, 0.4) is 0 Å². The van der Waals surface area contributed by atoms with Gasteiger partial charge < -0.3 is 14.4 Å². The summed E-state index contributed by atoms with van der Waals surface area (Å²) >= 11 is 0. The van der Waals surface area contributed by atoms with Gasteiger partial charge in [-0.05, 0) is 25.2 Å². The van der Waals surface area contributed by atoms with Gasteiger partial charge in [-0.3, -0.25) is 4.79 Å². The first kappa shape index (κ1) is 14.8. The van der Waals surface area contributed by atoms with E-state index in [9.17, 15) is 4.79 Å². The van der Waals surface area contributed by atoms with Crippen LogP contribution in [0.4, 0.5) is 0 Å². The molecule has 1 spiro atoms. The summed E-state index contributed by atoms with van der Waals surface area (Å²) in [5.74, 6) is 0.549. The molecule has 1 saturated carbocycles. The molecule has 4 nitrogen and oxygen atoms in total. The molecule has 2 fully saturated rings. The summed E-state index contributed by atoms with van der Waals surface area (Å²) in [7, 11) is 1.95. The largest absolute Gasteiger partial charge is 0.348 e. The first-order valence-electron chi connectivity index (χ1n) is 7.56. The average Bonchev–Trinajstić information content (AvgIpc) is 2.84. The van der Waals surface area contributed by atoms with E-state index in [2.05, 4.69) is 13.8 Å². The number of nitrogens with zero attached hydrogens (tertiary/aromatic N) is 1. The van der Waals surface area contributed by atoms with Crippen molar-refractivity contribution in [2.24, 2.45) is 5.92 Å². The van der Waals surface area contributed by atoms with Crippen LogP contribution < -0.4 is 0 Å². The second-order valence-electron chi connectivity index (χ2n) is 6.28. The molecule has 0 bridgehead atoms. The average molecular weight is 269 g/mol. The van der Waals surface area contributed by atoms with E-state index in [1.54, 1.807) is 0 Å². The molecule has 19 heavy (non-hydrogen) atoms. The van der Waals surface area contributed by atoms with Gasteiger partial charge in [-0.15, -0.1) is 0 Å². The lowest BCUT2D eigenvalue weighted by Crippen LogP contribution is -2.44. The molecule has 0 atom stereocenters. The maximum atomic E-state index is 12.1. The molecule has 0 radical (unpaired) electrons. The molecule has 4 heteroatoms. The molecule has 2 aliphatic rings. The van der Waals surface area contributed by atoms with Crippen molar-refractivity contribution < 1.29 is 14.3 Å². The van der Waals surface area contributed by atoms with E-state index >= 15 is 0 Å². The number of ether oxygens (including phenoxy) is 2. The minimum atomic E-state index is -0.321. The smallest absolute Gasteiger partial charge is 0.222 e. The fourth-order valence-electron chi connectivity index (χ4n) is 3.01. The quantitative estimate of drug-likeness (QED) is 0.787. The van der Waals surface area contributed by atoms with Crippen LogP contribution in [0, 0.1) is 5.92 Å². The Kier molecular flexibility index (Phi) is 4.85. The summed E-state index contributed by atoms with van der Waals surface area (Å²) in [6, 6.07) is 0.359. The molecular formula is C15H27NO3. The van der Waals surface area contributed by atoms with Gasteiger partial charge in [-0.25, -0.2) is 0 Å². The lowest BCUT2D eigenvalue weighted by Gasteiger charge is -2.39. The van der Waals surface area contributed by atoms with Crippen molar-refractivity contribution in [1.82, 2.24) is 4.90 Å². The number of amides is 1. The first-order chi connectivity index (χ1) is 9.02. The number of hydrogen-bond donors (Lipinski definition) is 0. The summed E-state index contributed by atoms with van der Waals surface area (Å²) in [5.41, 5.74) is 0. The molecule has 2 rings (SSSR count). The normalized spacial score (nSPS) is 23.2. The van der Waals surface area contributed by atoms with E-state index in [4.69, 9.17) is 9.47 Å². The van der Waals surface area contributed by atoms with Crippen molar-refractivity contribution in [3.05, 3.63) is 0 Å². The maximum absolute atomic E-state index is 12.1. The number of carbonyl (C=O) groups excluding carboxylic acids is 1. The van der Waals surface area contributed by atoms with Crippen molar-refractivity contribution in [3.8, 4) is 0 Å². The first-order valence-corrected chi connectivity index (χ1v) is 7.56. The van der Waals surface area contributed by atoms with Gasteiger partial charge in [0.2, 0.25) is 5.91 Å². The van der Waals surface area contributed by atoms with Gasteiger partial charge in [0.05, 0.1) is 13.2 Å². The van der Waals surface area contributed by atoms with Crippen LogP contribution in [0.25, 0.3) is 0 Å². The minimum absolute atomic E-state index is 0.280. The van der Waals surface area contributed by atoms with Gasteiger partial charge in [0.15, 0.2) is 5.79 Å². The van der Waals surface area contributed by atoms with Crippen LogP contribution in [0.5, 0.6) is 0 Å². The van der Waals surface area contributed by atoms with E-state index in [1.165, 1.54) is 0 Å². The molecule has 0 unspecified atom stereocenters. The fourth-order valence-corrected chi connectivity index (χ4v) is 3.01. The molecule has 110 valence electrons. The summed E-state index contributed by atoms with van der Waals surface area (Å²) in [5, 5.41) is 0. The van der Waals surface area contributed by atoms with Crippen molar-refractivity contribution in [2.75, 3.05) is 20.3 Å². The third-order valence-electron chi connectivity index (χ3n) is 4.41. The highest BCUT2D eigenvalue weighted by Crippen LogP contribution is 2.37. The van der Waals surface area contributed by atoms with Crippen LogP contribution >= 0.6 is 0 Å². The van der Waals surface area contributed by atoms with Crippen molar-refractivity contribution >= 4 is 5.91 Å². The Labute approximate surface area is 116 Å². The Bertz CT molecular complexity index is 301. The third-order valence-corrected chi connectivity index (χ3v) is 4.41. The van der Waals surface area contributed by atoms with Gasteiger partial charge >= 0.3 is 0 Å². The summed E-state index contributed by atoms with van der Waals surface area (Å²) < 4.78 is 11.4. The highest BCUT2D eigenvalue weighted by molar-refractivity contribution is 5.76. The predicted molar refractivity (Wildman–Crippen MR) is 73.7 cm³/mol. The van der Waals surface area contributed by atoms with Crippen LogP contribution in [0.1, 0.15) is 52.4 Å². The lowest BCUT2D eigenvalue weighted by molar-refractivity contribution is -0.184. The molecule has 1 saturated heterocycles. The van der Waals surface area contributed by atoms with Crippen molar-refractivity contribution in [2.45, 2.75) is 64.2 Å². The third kappa shape index (κ3) is 3.69. The Morgan fingerprint density at radius 2 is 1.84 bits per heavy atom. The zero-order valence-electron chi connectivity index (χ0n) is 12.5. The zero-order chi connectivity index (χ0) is 13.9. The van der Waals surface area contributed by atoms with Crippen LogP contribution in [0.15, 0.2) is 0 Å². The molecule has 0 aromatic heterocycles. The Hall–Kier alpha value is -0.610. The van der Waals surface area contributed by atoms with Crippen LogP contribution in [-0.2, 0) is 14.3 Å². The molecule has 0 aromatic carbocycles. The maximum Gasteiger partial charge on any atom is 0.222 e. The predicted octanol–water partition coefficient (Wildman–Crippen LogP) is 2.57. The molecule has 0 N–H and O–H groups in total. The topological polar surface area (TPSA) is 38.8 Å². The molecular weight excluding hydrogens is 242 g/mol. The summed E-state index contributed by atoms with van der Waals surface area (Å²) in [6.07, 6.45) is 5.46. The van der Waals surface area contributed by atoms with Crippen molar-refractivity contribution in [1.29, 1.82) is 0 Å². The van der Waals surface area contributed by atoms with E-state index in [1.807, 2.05) is 11.9 Å². The molecule has 1 aliphatic heterocycles. The Morgan fingerprint density at radius 1 is 1.26 bits per heavy atom. The fraction of sp³-hybridized carbons (Fsp3) is 0.933. The Balaban J connectivity index is 1.78. The monoisotopic (exact) mass is 269 g/mol. The summed E-state index contributed by atoms with van der Waals surface area (Å²) in [4.78, 5) is 14.1.